The summed E-state index contributed by atoms with van der Waals surface area (Å²) in [6.45, 7) is 2.54. The van der Waals surface area contributed by atoms with Crippen LogP contribution in [0.4, 0.5) is 17.2 Å². The zero-order chi connectivity index (χ0) is 23.9. The third-order valence-corrected chi connectivity index (χ3v) is 7.86. The second-order valence-electron chi connectivity index (χ2n) is 8.32. The lowest BCUT2D eigenvalue weighted by atomic mass is 10.1. The number of pyridine rings is 1. The van der Waals surface area contributed by atoms with E-state index in [0.717, 1.165) is 10.1 Å². The molecule has 1 amide bonds. The van der Waals surface area contributed by atoms with Gasteiger partial charge in [-0.25, -0.2) is 17.7 Å². The van der Waals surface area contributed by atoms with Crippen molar-refractivity contribution < 1.29 is 17.9 Å². The van der Waals surface area contributed by atoms with Gasteiger partial charge in [0.1, 0.15) is 16.5 Å². The molecule has 0 aliphatic carbocycles. The lowest BCUT2D eigenvalue weighted by Gasteiger charge is -2.37. The van der Waals surface area contributed by atoms with Crippen molar-refractivity contribution in [1.29, 1.82) is 0 Å². The van der Waals surface area contributed by atoms with E-state index in [1.54, 1.807) is 30.5 Å². The molecule has 176 valence electrons. The van der Waals surface area contributed by atoms with Crippen LogP contribution in [0.1, 0.15) is 10.4 Å². The van der Waals surface area contributed by atoms with Gasteiger partial charge in [-0.2, -0.15) is 0 Å². The summed E-state index contributed by atoms with van der Waals surface area (Å²) in [6, 6.07) is 16.0. The Morgan fingerprint density at radius 1 is 0.941 bits per heavy atom. The topological polar surface area (TPSA) is 95.1 Å². The Balaban J connectivity index is 1.55. The van der Waals surface area contributed by atoms with Gasteiger partial charge in [-0.05, 0) is 30.3 Å². The number of nitrogens with one attached hydrogen (secondary N) is 1. The average molecular weight is 480 g/mol. The maximum atomic E-state index is 13.3. The van der Waals surface area contributed by atoms with Gasteiger partial charge in [0.2, 0.25) is 10.0 Å². The highest BCUT2D eigenvalue weighted by molar-refractivity contribution is 7.89. The van der Waals surface area contributed by atoms with Crippen LogP contribution in [-0.2, 0) is 10.0 Å². The van der Waals surface area contributed by atoms with Crippen LogP contribution in [0.3, 0.4) is 0 Å². The molecule has 1 fully saturated rings. The molecule has 0 radical (unpaired) electrons. The fourth-order valence-corrected chi connectivity index (χ4v) is 5.26. The number of para-hydroxylation sites is 2. The van der Waals surface area contributed by atoms with E-state index in [1.807, 2.05) is 29.2 Å². The molecule has 3 aromatic rings. The molecule has 2 aliphatic rings. The number of rotatable bonds is 4. The number of sulfonamides is 1. The Bertz CT molecular complexity index is 1340. The van der Waals surface area contributed by atoms with Gasteiger partial charge in [-0.1, -0.05) is 18.2 Å². The van der Waals surface area contributed by atoms with Gasteiger partial charge in [0.15, 0.2) is 5.75 Å². The van der Waals surface area contributed by atoms with Crippen molar-refractivity contribution in [2.24, 2.45) is 0 Å². The molecule has 2 aromatic carbocycles. The van der Waals surface area contributed by atoms with Crippen molar-refractivity contribution in [2.75, 3.05) is 55.4 Å². The Labute approximate surface area is 198 Å². The monoisotopic (exact) mass is 479 g/mol. The number of carbonyl (C=O) groups is 1. The summed E-state index contributed by atoms with van der Waals surface area (Å²) in [6.07, 6.45) is 1.76. The van der Waals surface area contributed by atoms with E-state index >= 15 is 0 Å². The molecule has 0 saturated carbocycles. The number of fused-ring (bicyclic) bond motifs is 2. The molecule has 0 bridgehead atoms. The van der Waals surface area contributed by atoms with E-state index in [1.165, 1.54) is 20.2 Å². The van der Waals surface area contributed by atoms with Gasteiger partial charge in [0.05, 0.1) is 16.9 Å². The zero-order valence-electron chi connectivity index (χ0n) is 18.9. The molecular weight excluding hydrogens is 454 g/mol. The number of hydrogen-bond acceptors (Lipinski definition) is 7. The standard InChI is InChI=1S/C24H25N5O4S/c1-27(2)34(31,32)22-15-17-21(33-20-8-4-3-7-18(20)26-24(17)30)16-19(22)28-11-13-29(14-12-28)23-9-5-6-10-25-23/h3-10,15-16H,11-14H2,1-2H3,(H,26,30). The summed E-state index contributed by atoms with van der Waals surface area (Å²) >= 11 is 0. The Morgan fingerprint density at radius 3 is 2.35 bits per heavy atom. The number of piperazine rings is 1. The van der Waals surface area contributed by atoms with Gasteiger partial charge in [0.25, 0.3) is 5.91 Å². The van der Waals surface area contributed by atoms with Crippen molar-refractivity contribution in [1.82, 2.24) is 9.29 Å². The van der Waals surface area contributed by atoms with Crippen LogP contribution in [0.25, 0.3) is 0 Å². The average Bonchev–Trinajstić information content (AvgIpc) is 2.99. The van der Waals surface area contributed by atoms with Crippen LogP contribution in [0.2, 0.25) is 0 Å². The number of hydrogen-bond donors (Lipinski definition) is 1. The predicted octanol–water partition coefficient (Wildman–Crippen LogP) is 3.02. The number of amides is 1. The summed E-state index contributed by atoms with van der Waals surface area (Å²) in [4.78, 5) is 21.7. The molecular formula is C24H25N5O4S. The Hall–Kier alpha value is -3.63. The Morgan fingerprint density at radius 2 is 1.65 bits per heavy atom. The molecule has 9 nitrogen and oxygen atoms in total. The van der Waals surface area contributed by atoms with Crippen LogP contribution in [0.15, 0.2) is 65.7 Å². The summed E-state index contributed by atoms with van der Waals surface area (Å²) in [5, 5.41) is 2.81. The summed E-state index contributed by atoms with van der Waals surface area (Å²) in [7, 11) is -0.864. The number of nitrogens with zero attached hydrogens (tertiary/aromatic N) is 4. The number of ether oxygens (including phenoxy) is 1. The molecule has 0 spiro atoms. The molecule has 3 heterocycles. The van der Waals surface area contributed by atoms with Crippen molar-refractivity contribution in [3.05, 3.63) is 66.4 Å². The van der Waals surface area contributed by atoms with Crippen LogP contribution in [-0.4, -0.2) is 63.9 Å². The minimum atomic E-state index is -3.83. The van der Waals surface area contributed by atoms with E-state index in [-0.39, 0.29) is 10.5 Å². The van der Waals surface area contributed by atoms with Gasteiger partial charge < -0.3 is 19.9 Å². The number of aromatic nitrogens is 1. The van der Waals surface area contributed by atoms with E-state index in [9.17, 15) is 13.2 Å². The van der Waals surface area contributed by atoms with E-state index in [2.05, 4.69) is 15.2 Å². The third kappa shape index (κ3) is 3.95. The highest BCUT2D eigenvalue weighted by atomic mass is 32.2. The van der Waals surface area contributed by atoms with Gasteiger partial charge >= 0.3 is 0 Å². The lowest BCUT2D eigenvalue weighted by Crippen LogP contribution is -2.47. The van der Waals surface area contributed by atoms with Crippen LogP contribution < -0.4 is 19.9 Å². The summed E-state index contributed by atoms with van der Waals surface area (Å²) in [5.41, 5.74) is 1.22. The second-order valence-corrected chi connectivity index (χ2v) is 10.4. The second kappa shape index (κ2) is 8.62. The summed E-state index contributed by atoms with van der Waals surface area (Å²) < 4.78 is 33.8. The maximum Gasteiger partial charge on any atom is 0.259 e. The van der Waals surface area contributed by atoms with Gasteiger partial charge in [-0.15, -0.1) is 0 Å². The van der Waals surface area contributed by atoms with Crippen LogP contribution in [0.5, 0.6) is 11.5 Å². The van der Waals surface area contributed by atoms with Crippen LogP contribution >= 0.6 is 0 Å². The number of carbonyl (C=O) groups excluding carboxylic acids is 1. The lowest BCUT2D eigenvalue weighted by molar-refractivity contribution is 0.102. The predicted molar refractivity (Wildman–Crippen MR) is 130 cm³/mol. The molecule has 5 rings (SSSR count). The molecule has 0 unspecified atom stereocenters. The molecule has 2 aliphatic heterocycles. The molecule has 10 heteroatoms. The van der Waals surface area contributed by atoms with Crippen LogP contribution in [0, 0.1) is 0 Å². The minimum absolute atomic E-state index is 0.0762. The molecule has 1 N–H and O–H groups in total. The molecule has 34 heavy (non-hydrogen) atoms. The third-order valence-electron chi connectivity index (χ3n) is 6.01. The molecule has 1 aromatic heterocycles. The van der Waals surface area contributed by atoms with Crippen molar-refractivity contribution in [3.63, 3.8) is 0 Å². The SMILES string of the molecule is CN(C)S(=O)(=O)c1cc2c(cc1N1CCN(c3ccccn3)CC1)Oc1ccccc1NC2=O. The first-order chi connectivity index (χ1) is 16.3. The molecule has 0 atom stereocenters. The fraction of sp³-hybridized carbons (Fsp3) is 0.250. The van der Waals surface area contributed by atoms with E-state index < -0.39 is 15.9 Å². The quantitative estimate of drug-likeness (QED) is 0.615. The number of benzene rings is 2. The first-order valence-electron chi connectivity index (χ1n) is 10.9. The van der Waals surface area contributed by atoms with Gasteiger partial charge in [0, 0.05) is 52.5 Å². The fourth-order valence-electron chi connectivity index (χ4n) is 4.15. The van der Waals surface area contributed by atoms with Crippen molar-refractivity contribution in [3.8, 4) is 11.5 Å². The maximum absolute atomic E-state index is 13.3. The normalized spacial score (nSPS) is 15.8. The highest BCUT2D eigenvalue weighted by Gasteiger charge is 2.31. The molecule has 1 saturated heterocycles. The van der Waals surface area contributed by atoms with Crippen molar-refractivity contribution >= 4 is 33.1 Å². The smallest absolute Gasteiger partial charge is 0.259 e. The minimum Gasteiger partial charge on any atom is -0.454 e. The zero-order valence-corrected chi connectivity index (χ0v) is 19.7. The van der Waals surface area contributed by atoms with E-state index in [4.69, 9.17) is 4.74 Å². The first kappa shape index (κ1) is 22.2. The van der Waals surface area contributed by atoms with Crippen molar-refractivity contribution in [2.45, 2.75) is 4.90 Å². The largest absolute Gasteiger partial charge is 0.454 e. The van der Waals surface area contributed by atoms with E-state index in [0.29, 0.717) is 49.1 Å². The summed E-state index contributed by atoms with van der Waals surface area (Å²) in [5.74, 6) is 1.30. The van der Waals surface area contributed by atoms with Gasteiger partial charge in [-0.3, -0.25) is 4.79 Å². The number of anilines is 3. The first-order valence-corrected chi connectivity index (χ1v) is 12.4. The highest BCUT2D eigenvalue weighted by Crippen LogP contribution is 2.41. The Kier molecular flexibility index (Phi) is 5.62.